The van der Waals surface area contributed by atoms with Crippen LogP contribution in [-0.4, -0.2) is 39.9 Å². The number of para-hydroxylation sites is 1. The van der Waals surface area contributed by atoms with Crippen molar-refractivity contribution >= 4 is 13.7 Å². The third-order valence-electron chi connectivity index (χ3n) is 6.18. The molecule has 4 rings (SSSR count). The molecule has 3 aromatic rings. The summed E-state index contributed by atoms with van der Waals surface area (Å²) in [6.45, 7) is 4.49. The molecule has 0 bridgehead atoms. The number of H-pyrrole nitrogens is 1. The third-order valence-corrected chi connectivity index (χ3v) is 7.72. The fourth-order valence-electron chi connectivity index (χ4n) is 4.09. The Bertz CT molecular complexity index is 1630. The molecule has 2 aromatic carbocycles. The van der Waals surface area contributed by atoms with Crippen LogP contribution in [0.5, 0.6) is 5.75 Å². The maximum Gasteiger partial charge on any atom is 0.459 e. The molecule has 2 N–H and O–H groups in total. The molecule has 2 heterocycles. The fourth-order valence-corrected chi connectivity index (χ4v) is 5.61. The molecule has 12 heteroatoms. The van der Waals surface area contributed by atoms with E-state index in [4.69, 9.17) is 24.9 Å². The average molecular weight is 594 g/mol. The number of carbonyl (C=O) groups is 1. The number of benzene rings is 2. The van der Waals surface area contributed by atoms with Gasteiger partial charge in [0.05, 0.1) is 6.10 Å². The van der Waals surface area contributed by atoms with Gasteiger partial charge in [-0.25, -0.2) is 9.36 Å². The van der Waals surface area contributed by atoms with Crippen LogP contribution in [0.3, 0.4) is 0 Å². The summed E-state index contributed by atoms with van der Waals surface area (Å²) >= 11 is 0. The molecule has 1 aliphatic rings. The van der Waals surface area contributed by atoms with Crippen LogP contribution >= 0.6 is 7.75 Å². The number of rotatable bonds is 12. The lowest BCUT2D eigenvalue weighted by atomic mass is 10.1. The van der Waals surface area contributed by atoms with Gasteiger partial charge < -0.3 is 14.0 Å². The lowest BCUT2D eigenvalue weighted by molar-refractivity contribution is -0.149. The van der Waals surface area contributed by atoms with Crippen LogP contribution in [0.25, 0.3) is 0 Å². The highest BCUT2D eigenvalue weighted by molar-refractivity contribution is 7.52. The molecule has 0 saturated heterocycles. The molecule has 11 nitrogen and oxygen atoms in total. The van der Waals surface area contributed by atoms with Crippen molar-refractivity contribution in [3.8, 4) is 18.1 Å². The molecule has 0 aliphatic carbocycles. The molecule has 4 atom stereocenters. The van der Waals surface area contributed by atoms with Crippen molar-refractivity contribution in [1.82, 2.24) is 14.6 Å². The second-order valence-corrected chi connectivity index (χ2v) is 11.6. The Morgan fingerprint density at radius 3 is 2.48 bits per heavy atom. The molecule has 0 amide bonds. The Morgan fingerprint density at radius 2 is 1.83 bits per heavy atom. The van der Waals surface area contributed by atoms with E-state index in [1.165, 1.54) is 22.9 Å². The maximum absolute atomic E-state index is 14.3. The summed E-state index contributed by atoms with van der Waals surface area (Å²) < 4.78 is 38.5. The van der Waals surface area contributed by atoms with E-state index in [2.05, 4.69) is 16.0 Å². The van der Waals surface area contributed by atoms with Crippen molar-refractivity contribution in [3.05, 3.63) is 111 Å². The molecule has 42 heavy (non-hydrogen) atoms. The molecule has 1 aromatic heterocycles. The van der Waals surface area contributed by atoms with Gasteiger partial charge in [-0.1, -0.05) is 54.5 Å². The highest BCUT2D eigenvalue weighted by Gasteiger charge is 2.41. The van der Waals surface area contributed by atoms with E-state index in [1.807, 2.05) is 30.3 Å². The summed E-state index contributed by atoms with van der Waals surface area (Å²) in [6.07, 6.45) is 8.92. The summed E-state index contributed by atoms with van der Waals surface area (Å²) in [4.78, 5) is 39.5. The molecule has 0 spiro atoms. The van der Waals surface area contributed by atoms with Gasteiger partial charge in [0.15, 0.2) is 11.8 Å². The minimum atomic E-state index is -4.33. The van der Waals surface area contributed by atoms with Gasteiger partial charge in [0, 0.05) is 11.8 Å². The predicted molar refractivity (Wildman–Crippen MR) is 156 cm³/mol. The van der Waals surface area contributed by atoms with E-state index < -0.39 is 55.5 Å². The van der Waals surface area contributed by atoms with Crippen molar-refractivity contribution in [3.63, 3.8) is 0 Å². The first-order valence-electron chi connectivity index (χ1n) is 13.2. The van der Waals surface area contributed by atoms with Crippen molar-refractivity contribution in [2.75, 3.05) is 6.61 Å². The van der Waals surface area contributed by atoms with Gasteiger partial charge in [-0.05, 0) is 57.0 Å². The number of aromatic amines is 1. The molecule has 0 radical (unpaired) electrons. The first-order valence-corrected chi connectivity index (χ1v) is 14.7. The molecule has 0 fully saturated rings. The predicted octanol–water partition coefficient (Wildman–Crippen LogP) is 3.66. The molecule has 0 saturated carbocycles. The molecule has 0 unspecified atom stereocenters. The van der Waals surface area contributed by atoms with Crippen LogP contribution in [0, 0.1) is 19.3 Å². The van der Waals surface area contributed by atoms with Crippen molar-refractivity contribution in [2.24, 2.45) is 0 Å². The number of terminal acetylenes is 1. The normalized spacial score (nSPS) is 20.0. The number of nitrogens with zero attached hydrogens (tertiary/aromatic N) is 1. The van der Waals surface area contributed by atoms with Gasteiger partial charge in [0.25, 0.3) is 5.56 Å². The number of esters is 1. The van der Waals surface area contributed by atoms with Crippen molar-refractivity contribution < 1.29 is 27.9 Å². The number of ether oxygens (including phenoxy) is 2. The zero-order valence-electron chi connectivity index (χ0n) is 23.4. The van der Waals surface area contributed by atoms with Crippen LogP contribution < -0.4 is 20.9 Å². The topological polar surface area (TPSA) is 138 Å². The SMILES string of the molecule is C#C[C@@]1(CO[P@](=O)(N[C@@H](Cc2ccccc2)C(=O)OC(C)C)Oc2ccccc2)C=C[C@H](n2cc(C)c(=O)[nH]c2=O)O1. The second kappa shape index (κ2) is 13.2. The second-order valence-electron chi connectivity index (χ2n) is 9.91. The largest absolute Gasteiger partial charge is 0.462 e. The lowest BCUT2D eigenvalue weighted by Crippen LogP contribution is -2.42. The summed E-state index contributed by atoms with van der Waals surface area (Å²) in [5.41, 5.74) is -1.69. The Hall–Kier alpha value is -4.20. The van der Waals surface area contributed by atoms with Crippen LogP contribution in [0.2, 0.25) is 0 Å². The summed E-state index contributed by atoms with van der Waals surface area (Å²) in [6, 6.07) is 16.3. The minimum absolute atomic E-state index is 0.130. The Balaban J connectivity index is 1.60. The number of aryl methyl sites for hydroxylation is 1. The molecular weight excluding hydrogens is 561 g/mol. The van der Waals surface area contributed by atoms with Gasteiger partial charge in [0.1, 0.15) is 18.4 Å². The van der Waals surface area contributed by atoms with E-state index in [1.54, 1.807) is 51.1 Å². The fraction of sp³-hybridized carbons (Fsp3) is 0.300. The van der Waals surface area contributed by atoms with Gasteiger partial charge in [-0.2, -0.15) is 5.09 Å². The standard InChI is InChI=1S/C30H32N3O8P/c1-5-30(17-16-26(40-30)33-19-22(4)27(34)31-29(33)36)20-38-42(37,41-24-14-10-7-11-15-24)32-25(28(35)39-21(2)3)18-23-12-8-6-9-13-23/h1,6-17,19,21,25-26H,18,20H2,2-4H3,(H,32,37)(H,31,34,36)/t25-,26+,30-,42+/m0/s1. The van der Waals surface area contributed by atoms with Crippen molar-refractivity contribution in [2.45, 2.75) is 51.2 Å². The average Bonchev–Trinajstić information content (AvgIpc) is 3.39. The highest BCUT2D eigenvalue weighted by Crippen LogP contribution is 2.47. The van der Waals surface area contributed by atoms with Crippen LogP contribution in [0.1, 0.15) is 31.2 Å². The van der Waals surface area contributed by atoms with E-state index in [0.717, 1.165) is 5.56 Å². The molecule has 1 aliphatic heterocycles. The van der Waals surface area contributed by atoms with Gasteiger partial charge in [0.2, 0.25) is 0 Å². The van der Waals surface area contributed by atoms with Gasteiger partial charge in [-0.15, -0.1) is 6.42 Å². The smallest absolute Gasteiger partial charge is 0.459 e. The monoisotopic (exact) mass is 593 g/mol. The van der Waals surface area contributed by atoms with Gasteiger partial charge >= 0.3 is 19.4 Å². The number of hydrogen-bond acceptors (Lipinski definition) is 8. The summed E-state index contributed by atoms with van der Waals surface area (Å²) in [5.74, 6) is 2.05. The molecule has 220 valence electrons. The van der Waals surface area contributed by atoms with Crippen molar-refractivity contribution in [1.29, 1.82) is 0 Å². The van der Waals surface area contributed by atoms with E-state index in [-0.39, 0.29) is 12.2 Å². The Morgan fingerprint density at radius 1 is 1.17 bits per heavy atom. The minimum Gasteiger partial charge on any atom is -0.462 e. The van der Waals surface area contributed by atoms with Crippen LogP contribution in [-0.2, 0) is 29.8 Å². The quantitative estimate of drug-likeness (QED) is 0.139. The number of nitrogens with one attached hydrogen (secondary N) is 2. The summed E-state index contributed by atoms with van der Waals surface area (Å²) in [5, 5.41) is 2.76. The van der Waals surface area contributed by atoms with Gasteiger partial charge in [-0.3, -0.25) is 23.7 Å². The Kier molecular flexibility index (Phi) is 9.66. The van der Waals surface area contributed by atoms with E-state index >= 15 is 0 Å². The first kappa shape index (κ1) is 30.8. The van der Waals surface area contributed by atoms with Crippen LogP contribution in [0.4, 0.5) is 0 Å². The van der Waals surface area contributed by atoms with E-state index in [0.29, 0.717) is 5.56 Å². The Labute approximate surface area is 243 Å². The number of carbonyl (C=O) groups excluding carboxylic acids is 1. The molecular formula is C30H32N3O8P. The first-order chi connectivity index (χ1) is 20.0. The maximum atomic E-state index is 14.3. The highest BCUT2D eigenvalue weighted by atomic mass is 31.2. The summed E-state index contributed by atoms with van der Waals surface area (Å²) in [7, 11) is -4.33. The van der Waals surface area contributed by atoms with E-state index in [9.17, 15) is 18.9 Å². The number of aromatic nitrogens is 2. The lowest BCUT2D eigenvalue weighted by Gasteiger charge is -2.29. The third kappa shape index (κ3) is 7.75. The van der Waals surface area contributed by atoms with Crippen LogP contribution in [0.15, 0.2) is 88.6 Å². The zero-order chi connectivity index (χ0) is 30.3. The number of hydrogen-bond donors (Lipinski definition) is 2. The zero-order valence-corrected chi connectivity index (χ0v) is 24.3.